The number of benzene rings is 2. The van der Waals surface area contributed by atoms with Crippen molar-refractivity contribution in [1.29, 1.82) is 0 Å². The van der Waals surface area contributed by atoms with Gasteiger partial charge in [0, 0.05) is 6.07 Å². The van der Waals surface area contributed by atoms with E-state index in [2.05, 4.69) is 4.74 Å². The molecule has 2 rings (SSSR count). The number of amides is 1. The number of nitrogens with one attached hydrogen (secondary N) is 1. The van der Waals surface area contributed by atoms with Gasteiger partial charge in [-0.1, -0.05) is 6.92 Å². The third-order valence-electron chi connectivity index (χ3n) is 4.83. The van der Waals surface area contributed by atoms with Gasteiger partial charge in [0.1, 0.15) is 30.5 Å². The summed E-state index contributed by atoms with van der Waals surface area (Å²) in [5, 5.41) is 10.1. The van der Waals surface area contributed by atoms with Gasteiger partial charge in [-0.2, -0.15) is 0 Å². The highest BCUT2D eigenvalue weighted by Crippen LogP contribution is 2.26. The Bertz CT molecular complexity index is 1160. The number of halogens is 3. The molecule has 0 spiro atoms. The lowest BCUT2D eigenvalue weighted by molar-refractivity contribution is -0.274. The van der Waals surface area contributed by atoms with Crippen LogP contribution in [-0.4, -0.2) is 45.0 Å². The van der Waals surface area contributed by atoms with Gasteiger partial charge in [-0.15, -0.1) is 13.2 Å². The number of aromatic hydroxyl groups is 1. The molecule has 0 atom stereocenters. The number of ether oxygens (including phenoxy) is 3. The minimum atomic E-state index is -4.95. The van der Waals surface area contributed by atoms with Crippen molar-refractivity contribution < 1.29 is 50.5 Å². The van der Waals surface area contributed by atoms with Gasteiger partial charge in [0.05, 0.1) is 15.9 Å². The van der Waals surface area contributed by atoms with Crippen LogP contribution in [0, 0.1) is 5.41 Å². The number of hydrogen-bond acceptors (Lipinski definition) is 8. The summed E-state index contributed by atoms with van der Waals surface area (Å²) < 4.78 is 77.3. The molecule has 0 aliphatic rings. The maximum absolute atomic E-state index is 12.4. The van der Waals surface area contributed by atoms with Crippen LogP contribution in [0.2, 0.25) is 0 Å². The normalized spacial score (nSPS) is 12.1. The quantitative estimate of drug-likeness (QED) is 0.359. The second-order valence-electron chi connectivity index (χ2n) is 7.85. The summed E-state index contributed by atoms with van der Waals surface area (Å²) in [6, 6.07) is 6.67. The van der Waals surface area contributed by atoms with Crippen LogP contribution in [0.3, 0.4) is 0 Å². The number of phenolic OH excluding ortho intramolecular Hbond substituents is 1. The minimum Gasteiger partial charge on any atom is -0.507 e. The van der Waals surface area contributed by atoms with Crippen LogP contribution in [0.25, 0.3) is 0 Å². The maximum atomic E-state index is 12.4. The van der Waals surface area contributed by atoms with Crippen molar-refractivity contribution in [2.75, 3.05) is 13.2 Å². The van der Waals surface area contributed by atoms with Crippen LogP contribution in [0.1, 0.15) is 37.6 Å². The van der Waals surface area contributed by atoms with Crippen molar-refractivity contribution in [3.63, 3.8) is 0 Å². The van der Waals surface area contributed by atoms with E-state index >= 15 is 0 Å². The molecule has 0 radical (unpaired) electrons. The Morgan fingerprint density at radius 1 is 1.00 bits per heavy atom. The lowest BCUT2D eigenvalue weighted by atomic mass is 9.91. The smallest absolute Gasteiger partial charge is 0.507 e. The van der Waals surface area contributed by atoms with Crippen LogP contribution in [0.5, 0.6) is 17.2 Å². The maximum Gasteiger partial charge on any atom is 0.573 e. The molecular weight excluding hydrogens is 495 g/mol. The molecule has 9 nitrogen and oxygen atoms in total. The highest BCUT2D eigenvalue weighted by Gasteiger charge is 2.31. The summed E-state index contributed by atoms with van der Waals surface area (Å²) in [6.45, 7) is 5.27. The SMILES string of the molecule is CCC(C)(C)C(=O)OCCOc1ccc(C(=O)NS(=O)(=O)c2ccc(OC(F)(F)F)cc2)c(O)c1. The Kier molecular flexibility index (Phi) is 8.60. The van der Waals surface area contributed by atoms with Crippen molar-refractivity contribution in [3.8, 4) is 17.2 Å². The summed E-state index contributed by atoms with van der Waals surface area (Å²) >= 11 is 0. The molecule has 0 heterocycles. The first-order valence-corrected chi connectivity index (χ1v) is 11.7. The molecule has 0 saturated heterocycles. The number of alkyl halides is 3. The lowest BCUT2D eigenvalue weighted by Gasteiger charge is -2.20. The average Bonchev–Trinajstić information content (AvgIpc) is 2.75. The highest BCUT2D eigenvalue weighted by molar-refractivity contribution is 7.90. The van der Waals surface area contributed by atoms with E-state index in [1.807, 2.05) is 6.92 Å². The summed E-state index contributed by atoms with van der Waals surface area (Å²) in [6.07, 6.45) is -4.35. The molecule has 35 heavy (non-hydrogen) atoms. The standard InChI is InChI=1S/C22H24F3NO8S/c1-4-21(2,3)20(29)33-12-11-32-15-7-10-17(18(27)13-15)19(28)26-35(30,31)16-8-5-14(6-9-16)34-22(23,24)25/h5-10,13,27H,4,11-12H2,1-3H3,(H,26,28). The largest absolute Gasteiger partial charge is 0.573 e. The van der Waals surface area contributed by atoms with Crippen molar-refractivity contribution in [3.05, 3.63) is 48.0 Å². The molecular formula is C22H24F3NO8S. The third-order valence-corrected chi connectivity index (χ3v) is 6.18. The molecule has 2 aromatic rings. The average molecular weight is 519 g/mol. The third kappa shape index (κ3) is 8.05. The van der Waals surface area contributed by atoms with Crippen molar-refractivity contribution in [1.82, 2.24) is 4.72 Å². The van der Waals surface area contributed by atoms with Gasteiger partial charge < -0.3 is 19.3 Å². The Balaban J connectivity index is 1.98. The van der Waals surface area contributed by atoms with Crippen LogP contribution >= 0.6 is 0 Å². The van der Waals surface area contributed by atoms with Crippen LogP contribution < -0.4 is 14.2 Å². The summed E-state index contributed by atoms with van der Waals surface area (Å²) in [7, 11) is -4.46. The van der Waals surface area contributed by atoms with Crippen LogP contribution in [0.4, 0.5) is 13.2 Å². The molecule has 0 saturated carbocycles. The molecule has 0 fully saturated rings. The van der Waals surface area contributed by atoms with E-state index in [4.69, 9.17) is 9.47 Å². The molecule has 192 valence electrons. The molecule has 2 aromatic carbocycles. The molecule has 0 unspecified atom stereocenters. The summed E-state index contributed by atoms with van der Waals surface area (Å²) in [5.41, 5.74) is -1.03. The van der Waals surface area contributed by atoms with Gasteiger partial charge >= 0.3 is 12.3 Å². The van der Waals surface area contributed by atoms with Crippen LogP contribution in [0.15, 0.2) is 47.4 Å². The zero-order chi connectivity index (χ0) is 26.4. The summed E-state index contributed by atoms with van der Waals surface area (Å²) in [5.74, 6) is -2.66. The van der Waals surface area contributed by atoms with E-state index in [1.54, 1.807) is 18.6 Å². The van der Waals surface area contributed by atoms with E-state index in [-0.39, 0.29) is 24.9 Å². The number of carbonyl (C=O) groups excluding carboxylic acids is 2. The van der Waals surface area contributed by atoms with E-state index in [1.165, 1.54) is 6.07 Å². The van der Waals surface area contributed by atoms with Gasteiger partial charge in [0.25, 0.3) is 15.9 Å². The Hall–Kier alpha value is -3.48. The topological polar surface area (TPSA) is 128 Å². The van der Waals surface area contributed by atoms with Gasteiger partial charge in [-0.25, -0.2) is 13.1 Å². The second-order valence-corrected chi connectivity index (χ2v) is 9.54. The van der Waals surface area contributed by atoms with Crippen molar-refractivity contribution in [2.45, 2.75) is 38.4 Å². The first-order chi connectivity index (χ1) is 16.1. The fraction of sp³-hybridized carbons (Fsp3) is 0.364. The molecule has 0 aliphatic heterocycles. The predicted octanol–water partition coefficient (Wildman–Crippen LogP) is 3.77. The van der Waals surface area contributed by atoms with E-state index in [9.17, 15) is 36.3 Å². The lowest BCUT2D eigenvalue weighted by Crippen LogP contribution is -2.30. The van der Waals surface area contributed by atoms with E-state index in [0.29, 0.717) is 6.42 Å². The zero-order valence-corrected chi connectivity index (χ0v) is 19.8. The summed E-state index contributed by atoms with van der Waals surface area (Å²) in [4.78, 5) is 23.8. The fourth-order valence-corrected chi connectivity index (χ4v) is 3.45. The number of esters is 1. The van der Waals surface area contributed by atoms with E-state index < -0.39 is 49.7 Å². The van der Waals surface area contributed by atoms with Crippen molar-refractivity contribution >= 4 is 21.9 Å². The fourth-order valence-electron chi connectivity index (χ4n) is 2.48. The Morgan fingerprint density at radius 2 is 1.60 bits per heavy atom. The number of phenols is 1. The van der Waals surface area contributed by atoms with Gasteiger partial charge in [-0.05, 0) is 56.7 Å². The first-order valence-electron chi connectivity index (χ1n) is 10.2. The predicted molar refractivity (Wildman–Crippen MR) is 116 cm³/mol. The number of hydrogen-bond donors (Lipinski definition) is 2. The molecule has 0 aliphatic carbocycles. The first kappa shape index (κ1) is 27.8. The molecule has 0 aromatic heterocycles. The van der Waals surface area contributed by atoms with Crippen LogP contribution in [-0.2, 0) is 19.6 Å². The highest BCUT2D eigenvalue weighted by atomic mass is 32.2. The van der Waals surface area contributed by atoms with Crippen molar-refractivity contribution in [2.24, 2.45) is 5.41 Å². The minimum absolute atomic E-state index is 0.0288. The van der Waals surface area contributed by atoms with Gasteiger partial charge in [0.15, 0.2) is 0 Å². The van der Waals surface area contributed by atoms with Gasteiger partial charge in [0.2, 0.25) is 0 Å². The monoisotopic (exact) mass is 519 g/mol. The Labute approximate surface area is 199 Å². The molecule has 1 amide bonds. The van der Waals surface area contributed by atoms with Gasteiger partial charge in [-0.3, -0.25) is 9.59 Å². The number of sulfonamides is 1. The number of rotatable bonds is 10. The second kappa shape index (κ2) is 10.8. The zero-order valence-electron chi connectivity index (χ0n) is 19.0. The Morgan fingerprint density at radius 3 is 2.14 bits per heavy atom. The number of carbonyl (C=O) groups is 2. The molecule has 0 bridgehead atoms. The molecule has 13 heteroatoms. The van der Waals surface area contributed by atoms with E-state index in [0.717, 1.165) is 36.4 Å². The molecule has 2 N–H and O–H groups in total.